The van der Waals surface area contributed by atoms with Gasteiger partial charge < -0.3 is 11.1 Å². The average molecular weight is 371 g/mol. The zero-order valence-corrected chi connectivity index (χ0v) is 15.3. The van der Waals surface area contributed by atoms with E-state index in [1.54, 1.807) is 11.6 Å². The van der Waals surface area contributed by atoms with Crippen molar-refractivity contribution in [2.75, 3.05) is 5.32 Å². The molecule has 3 N–H and O–H groups in total. The zero-order valence-electron chi connectivity index (χ0n) is 13.7. The lowest BCUT2D eigenvalue weighted by atomic mass is 9.88. The average Bonchev–Trinajstić information content (AvgIpc) is 3.17. The highest BCUT2D eigenvalue weighted by atomic mass is 32.1. The lowest BCUT2D eigenvalue weighted by Crippen LogP contribution is -2.19. The van der Waals surface area contributed by atoms with E-state index in [4.69, 9.17) is 5.73 Å². The Labute approximate surface area is 152 Å². The van der Waals surface area contributed by atoms with Gasteiger partial charge >= 0.3 is 0 Å². The fourth-order valence-electron chi connectivity index (χ4n) is 3.27. The van der Waals surface area contributed by atoms with Crippen LogP contribution in [0.2, 0.25) is 0 Å². The van der Waals surface area contributed by atoms with Gasteiger partial charge in [0.2, 0.25) is 0 Å². The van der Waals surface area contributed by atoms with Gasteiger partial charge in [0.05, 0.1) is 21.3 Å². The summed E-state index contributed by atoms with van der Waals surface area (Å²) in [7, 11) is 0. The number of anilines is 1. The first kappa shape index (κ1) is 16.2. The number of thiophene rings is 1. The molecular weight excluding hydrogens is 354 g/mol. The second-order valence-electron chi connectivity index (χ2n) is 6.41. The molecule has 2 aromatic heterocycles. The van der Waals surface area contributed by atoms with Crippen LogP contribution in [0, 0.1) is 5.92 Å². The van der Waals surface area contributed by atoms with E-state index in [9.17, 15) is 9.59 Å². The second kappa shape index (κ2) is 6.24. The number of thiazole rings is 1. The van der Waals surface area contributed by atoms with Crippen LogP contribution in [0.5, 0.6) is 0 Å². The Hall–Kier alpha value is -2.25. The molecule has 0 radical (unpaired) electrons. The van der Waals surface area contributed by atoms with Gasteiger partial charge in [-0.15, -0.1) is 22.7 Å². The van der Waals surface area contributed by atoms with Gasteiger partial charge in [0, 0.05) is 10.4 Å². The SMILES string of the molecule is C[C@@H]1CCc2c(sc(NC(=O)c3ccc4ncsc4c3)c2C(N)=O)C1. The monoisotopic (exact) mass is 371 g/mol. The first-order valence-corrected chi connectivity index (χ1v) is 9.81. The molecule has 0 unspecified atom stereocenters. The van der Waals surface area contributed by atoms with Crippen LogP contribution in [-0.4, -0.2) is 16.8 Å². The number of nitrogens with two attached hydrogens (primary N) is 1. The van der Waals surface area contributed by atoms with E-state index < -0.39 is 5.91 Å². The summed E-state index contributed by atoms with van der Waals surface area (Å²) >= 11 is 2.97. The molecule has 25 heavy (non-hydrogen) atoms. The van der Waals surface area contributed by atoms with Crippen LogP contribution in [0.4, 0.5) is 5.00 Å². The summed E-state index contributed by atoms with van der Waals surface area (Å²) in [6.07, 6.45) is 2.82. The van der Waals surface area contributed by atoms with Gasteiger partial charge in [-0.25, -0.2) is 4.98 Å². The van der Waals surface area contributed by atoms with Gasteiger partial charge in [0.1, 0.15) is 5.00 Å². The van der Waals surface area contributed by atoms with Gasteiger partial charge in [0.25, 0.3) is 11.8 Å². The van der Waals surface area contributed by atoms with Crippen molar-refractivity contribution < 1.29 is 9.59 Å². The number of hydrogen-bond acceptors (Lipinski definition) is 5. The quantitative estimate of drug-likeness (QED) is 0.734. The Kier molecular flexibility index (Phi) is 4.05. The van der Waals surface area contributed by atoms with Gasteiger partial charge in [-0.3, -0.25) is 9.59 Å². The maximum Gasteiger partial charge on any atom is 0.256 e. The van der Waals surface area contributed by atoms with E-state index in [2.05, 4.69) is 17.2 Å². The molecule has 3 aromatic rings. The largest absolute Gasteiger partial charge is 0.365 e. The molecule has 1 aliphatic carbocycles. The number of aromatic nitrogens is 1. The number of carbonyl (C=O) groups is 2. The molecule has 1 aliphatic rings. The molecule has 7 heteroatoms. The number of amides is 2. The van der Waals surface area contributed by atoms with E-state index in [1.165, 1.54) is 27.6 Å². The normalized spacial score (nSPS) is 16.6. The molecule has 4 rings (SSSR count). The van der Waals surface area contributed by atoms with E-state index in [0.717, 1.165) is 35.0 Å². The van der Waals surface area contributed by atoms with Gasteiger partial charge in [-0.1, -0.05) is 6.92 Å². The number of nitrogens with zero attached hydrogens (tertiary/aromatic N) is 1. The number of hydrogen-bond donors (Lipinski definition) is 2. The first-order chi connectivity index (χ1) is 12.0. The lowest BCUT2D eigenvalue weighted by molar-refractivity contribution is 0.1000. The Balaban J connectivity index is 1.67. The van der Waals surface area contributed by atoms with Crippen molar-refractivity contribution >= 4 is 49.7 Å². The minimum atomic E-state index is -0.472. The molecule has 0 bridgehead atoms. The number of benzene rings is 1. The number of rotatable bonds is 3. The highest BCUT2D eigenvalue weighted by molar-refractivity contribution is 7.17. The van der Waals surface area contributed by atoms with Crippen LogP contribution in [0.15, 0.2) is 23.7 Å². The third-order valence-corrected chi connectivity index (χ3v) is 6.54. The van der Waals surface area contributed by atoms with E-state index in [0.29, 0.717) is 22.0 Å². The Morgan fingerprint density at radius 2 is 2.20 bits per heavy atom. The summed E-state index contributed by atoms with van der Waals surface area (Å²) in [5.41, 5.74) is 10.3. The van der Waals surface area contributed by atoms with Crippen molar-refractivity contribution in [2.24, 2.45) is 11.7 Å². The van der Waals surface area contributed by atoms with Crippen molar-refractivity contribution in [3.05, 3.63) is 45.3 Å². The van der Waals surface area contributed by atoms with E-state index in [1.807, 2.05) is 12.1 Å². The third kappa shape index (κ3) is 2.94. The molecule has 0 saturated heterocycles. The topological polar surface area (TPSA) is 85.1 Å². The van der Waals surface area contributed by atoms with Crippen LogP contribution in [0.1, 0.15) is 44.5 Å². The first-order valence-electron chi connectivity index (χ1n) is 8.12. The van der Waals surface area contributed by atoms with Crippen LogP contribution in [0.3, 0.4) is 0 Å². The van der Waals surface area contributed by atoms with E-state index >= 15 is 0 Å². The fourth-order valence-corrected chi connectivity index (χ4v) is 5.40. The summed E-state index contributed by atoms with van der Waals surface area (Å²) in [5, 5.41) is 3.47. The van der Waals surface area contributed by atoms with Crippen LogP contribution in [0.25, 0.3) is 10.2 Å². The van der Waals surface area contributed by atoms with Crippen molar-refractivity contribution in [1.29, 1.82) is 0 Å². The highest BCUT2D eigenvalue weighted by Gasteiger charge is 2.27. The Morgan fingerprint density at radius 3 is 3.00 bits per heavy atom. The molecule has 0 aliphatic heterocycles. The van der Waals surface area contributed by atoms with Gasteiger partial charge in [-0.05, 0) is 48.9 Å². The van der Waals surface area contributed by atoms with Crippen molar-refractivity contribution in [2.45, 2.75) is 26.2 Å². The smallest absolute Gasteiger partial charge is 0.256 e. The fraction of sp³-hybridized carbons (Fsp3) is 0.278. The molecule has 0 saturated carbocycles. The minimum absolute atomic E-state index is 0.232. The molecule has 128 valence electrons. The van der Waals surface area contributed by atoms with Gasteiger partial charge in [-0.2, -0.15) is 0 Å². The molecule has 0 spiro atoms. The number of carbonyl (C=O) groups excluding carboxylic acids is 2. The summed E-state index contributed by atoms with van der Waals surface area (Å²) in [5.74, 6) is -0.117. The summed E-state index contributed by atoms with van der Waals surface area (Å²) in [6.45, 7) is 2.20. The Bertz CT molecular complexity index is 990. The lowest BCUT2D eigenvalue weighted by Gasteiger charge is -2.18. The third-order valence-electron chi connectivity index (χ3n) is 4.58. The highest BCUT2D eigenvalue weighted by Crippen LogP contribution is 2.39. The standard InChI is InChI=1S/C18H17N3O2S2/c1-9-2-4-11-13(6-9)25-18(15(11)16(19)22)21-17(23)10-3-5-12-14(7-10)24-8-20-12/h3,5,7-9H,2,4,6H2,1H3,(H2,19,22)(H,21,23)/t9-/m1/s1. The summed E-state index contributed by atoms with van der Waals surface area (Å²) in [6, 6.07) is 5.40. The molecule has 2 heterocycles. The molecule has 5 nitrogen and oxygen atoms in total. The van der Waals surface area contributed by atoms with E-state index in [-0.39, 0.29) is 5.91 Å². The minimum Gasteiger partial charge on any atom is -0.365 e. The molecule has 2 amide bonds. The molecular formula is C18H17N3O2S2. The zero-order chi connectivity index (χ0) is 17.6. The van der Waals surface area contributed by atoms with Crippen LogP contribution < -0.4 is 11.1 Å². The Morgan fingerprint density at radius 1 is 1.36 bits per heavy atom. The van der Waals surface area contributed by atoms with Crippen LogP contribution >= 0.6 is 22.7 Å². The molecule has 1 aromatic carbocycles. The number of nitrogens with one attached hydrogen (secondary N) is 1. The summed E-state index contributed by atoms with van der Waals surface area (Å²) < 4.78 is 0.960. The second-order valence-corrected chi connectivity index (χ2v) is 8.40. The maximum absolute atomic E-state index is 12.7. The van der Waals surface area contributed by atoms with Crippen molar-refractivity contribution in [3.8, 4) is 0 Å². The maximum atomic E-state index is 12.7. The van der Waals surface area contributed by atoms with Crippen LogP contribution in [-0.2, 0) is 12.8 Å². The number of primary amides is 1. The van der Waals surface area contributed by atoms with Crippen molar-refractivity contribution in [3.63, 3.8) is 0 Å². The molecule has 0 fully saturated rings. The van der Waals surface area contributed by atoms with Crippen molar-refractivity contribution in [1.82, 2.24) is 4.98 Å². The van der Waals surface area contributed by atoms with Gasteiger partial charge in [0.15, 0.2) is 0 Å². The molecule has 1 atom stereocenters. The predicted molar refractivity (Wildman–Crippen MR) is 102 cm³/mol. The predicted octanol–water partition coefficient (Wildman–Crippen LogP) is 3.83. The number of fused-ring (bicyclic) bond motifs is 2. The summed E-state index contributed by atoms with van der Waals surface area (Å²) in [4.78, 5) is 30.0.